The highest BCUT2D eigenvalue weighted by atomic mass is 14.7. The van der Waals surface area contributed by atoms with Gasteiger partial charge in [0.25, 0.3) is 0 Å². The first kappa shape index (κ1) is 12.7. The molecule has 2 N–H and O–H groups in total. The highest BCUT2D eigenvalue weighted by Crippen LogP contribution is 2.21. The summed E-state index contributed by atoms with van der Waals surface area (Å²) in [7, 11) is 0. The average molecular weight is 183 g/mol. The van der Waals surface area contributed by atoms with Gasteiger partial charge >= 0.3 is 0 Å². The molecule has 0 rings (SSSR count). The van der Waals surface area contributed by atoms with Gasteiger partial charge in [-0.05, 0) is 32.1 Å². The van der Waals surface area contributed by atoms with Crippen LogP contribution in [0.3, 0.4) is 0 Å². The van der Waals surface area contributed by atoms with Crippen LogP contribution in [-0.4, -0.2) is 5.54 Å². The van der Waals surface area contributed by atoms with Crippen LogP contribution in [0.5, 0.6) is 0 Å². The molecule has 0 aromatic carbocycles. The summed E-state index contributed by atoms with van der Waals surface area (Å²) in [6.07, 6.45) is 4.56. The van der Waals surface area contributed by atoms with E-state index in [4.69, 9.17) is 5.73 Å². The van der Waals surface area contributed by atoms with Gasteiger partial charge < -0.3 is 5.73 Å². The standard InChI is InChI=1S/C12H25N/c1-6-12(5,13)11(4)9-7-8-10(2)3/h10H,4,6-9,13H2,1-3,5H3. The van der Waals surface area contributed by atoms with Crippen LogP contribution in [0.1, 0.15) is 53.4 Å². The third-order valence-corrected chi connectivity index (χ3v) is 2.80. The van der Waals surface area contributed by atoms with Gasteiger partial charge in [-0.3, -0.25) is 0 Å². The molecule has 0 bridgehead atoms. The van der Waals surface area contributed by atoms with Gasteiger partial charge in [-0.1, -0.05) is 39.3 Å². The summed E-state index contributed by atoms with van der Waals surface area (Å²) in [6, 6.07) is 0. The van der Waals surface area contributed by atoms with Gasteiger partial charge in [-0.25, -0.2) is 0 Å². The van der Waals surface area contributed by atoms with Gasteiger partial charge in [-0.2, -0.15) is 0 Å². The Labute approximate surface area is 83.4 Å². The van der Waals surface area contributed by atoms with E-state index in [-0.39, 0.29) is 5.54 Å². The summed E-state index contributed by atoms with van der Waals surface area (Å²) >= 11 is 0. The Bertz CT molecular complexity index is 157. The molecule has 78 valence electrons. The van der Waals surface area contributed by atoms with Crippen LogP contribution < -0.4 is 5.73 Å². The Kier molecular flexibility index (Phi) is 5.31. The minimum atomic E-state index is -0.156. The zero-order chi connectivity index (χ0) is 10.5. The summed E-state index contributed by atoms with van der Waals surface area (Å²) < 4.78 is 0. The monoisotopic (exact) mass is 183 g/mol. The van der Waals surface area contributed by atoms with Crippen molar-refractivity contribution in [3.63, 3.8) is 0 Å². The van der Waals surface area contributed by atoms with Crippen molar-refractivity contribution >= 4 is 0 Å². The summed E-state index contributed by atoms with van der Waals surface area (Å²) in [4.78, 5) is 0. The van der Waals surface area contributed by atoms with Crippen LogP contribution in [-0.2, 0) is 0 Å². The molecule has 1 atom stereocenters. The van der Waals surface area contributed by atoms with Crippen molar-refractivity contribution in [1.82, 2.24) is 0 Å². The fourth-order valence-corrected chi connectivity index (χ4v) is 1.26. The topological polar surface area (TPSA) is 26.0 Å². The minimum absolute atomic E-state index is 0.156. The maximum Gasteiger partial charge on any atom is 0.0334 e. The molecule has 0 spiro atoms. The maximum atomic E-state index is 6.08. The van der Waals surface area contributed by atoms with Crippen molar-refractivity contribution in [2.45, 2.75) is 58.9 Å². The van der Waals surface area contributed by atoms with Crippen LogP contribution in [0.2, 0.25) is 0 Å². The van der Waals surface area contributed by atoms with Crippen LogP contribution in [0.15, 0.2) is 12.2 Å². The van der Waals surface area contributed by atoms with E-state index in [1.807, 2.05) is 0 Å². The smallest absolute Gasteiger partial charge is 0.0334 e. The molecular weight excluding hydrogens is 158 g/mol. The van der Waals surface area contributed by atoms with E-state index in [0.29, 0.717) is 0 Å². The summed E-state index contributed by atoms with van der Waals surface area (Å²) in [5.74, 6) is 0.790. The molecule has 0 amide bonds. The van der Waals surface area contributed by atoms with E-state index in [0.717, 1.165) is 18.8 Å². The Balaban J connectivity index is 3.75. The molecule has 1 heteroatoms. The highest BCUT2D eigenvalue weighted by molar-refractivity contribution is 5.12. The van der Waals surface area contributed by atoms with Crippen molar-refractivity contribution in [3.05, 3.63) is 12.2 Å². The Morgan fingerprint density at radius 3 is 2.38 bits per heavy atom. The zero-order valence-electron chi connectivity index (χ0n) is 9.69. The third kappa shape index (κ3) is 5.09. The summed E-state index contributed by atoms with van der Waals surface area (Å²) in [5.41, 5.74) is 7.13. The fraction of sp³-hybridized carbons (Fsp3) is 0.833. The van der Waals surface area contributed by atoms with Crippen molar-refractivity contribution in [3.8, 4) is 0 Å². The van der Waals surface area contributed by atoms with Gasteiger partial charge in [0, 0.05) is 5.54 Å². The molecule has 0 aromatic rings. The first-order valence-corrected chi connectivity index (χ1v) is 5.37. The van der Waals surface area contributed by atoms with E-state index in [9.17, 15) is 0 Å². The molecular formula is C12H25N. The first-order valence-electron chi connectivity index (χ1n) is 5.37. The number of rotatable bonds is 6. The Hall–Kier alpha value is -0.300. The lowest BCUT2D eigenvalue weighted by Crippen LogP contribution is -2.37. The molecule has 1 nitrogen and oxygen atoms in total. The summed E-state index contributed by atoms with van der Waals surface area (Å²) in [6.45, 7) is 12.8. The molecule has 0 aliphatic rings. The van der Waals surface area contributed by atoms with Crippen LogP contribution >= 0.6 is 0 Å². The first-order chi connectivity index (χ1) is 5.90. The predicted octanol–water partition coefficient (Wildman–Crippen LogP) is 3.50. The molecule has 0 fully saturated rings. The van der Waals surface area contributed by atoms with Gasteiger partial charge in [0.15, 0.2) is 0 Å². The van der Waals surface area contributed by atoms with E-state index in [2.05, 4.69) is 34.3 Å². The number of nitrogens with two attached hydrogens (primary N) is 1. The van der Waals surface area contributed by atoms with E-state index in [1.165, 1.54) is 18.4 Å². The Morgan fingerprint density at radius 1 is 1.46 bits per heavy atom. The molecule has 0 aromatic heterocycles. The number of hydrogen-bond acceptors (Lipinski definition) is 1. The lowest BCUT2D eigenvalue weighted by atomic mass is 9.87. The SMILES string of the molecule is C=C(CCCC(C)C)C(C)(N)CC. The molecule has 0 aliphatic carbocycles. The molecule has 0 radical (unpaired) electrons. The summed E-state index contributed by atoms with van der Waals surface area (Å²) in [5, 5.41) is 0. The van der Waals surface area contributed by atoms with Gasteiger partial charge in [0.2, 0.25) is 0 Å². The molecule has 0 aliphatic heterocycles. The van der Waals surface area contributed by atoms with E-state index >= 15 is 0 Å². The second-order valence-electron chi connectivity index (χ2n) is 4.66. The zero-order valence-corrected chi connectivity index (χ0v) is 9.69. The van der Waals surface area contributed by atoms with Crippen LogP contribution in [0.4, 0.5) is 0 Å². The van der Waals surface area contributed by atoms with Crippen molar-refractivity contribution in [2.24, 2.45) is 11.7 Å². The third-order valence-electron chi connectivity index (χ3n) is 2.80. The largest absolute Gasteiger partial charge is 0.322 e. The van der Waals surface area contributed by atoms with Gasteiger partial charge in [-0.15, -0.1) is 0 Å². The minimum Gasteiger partial charge on any atom is -0.322 e. The molecule has 13 heavy (non-hydrogen) atoms. The highest BCUT2D eigenvalue weighted by Gasteiger charge is 2.18. The van der Waals surface area contributed by atoms with Crippen molar-refractivity contribution < 1.29 is 0 Å². The maximum absolute atomic E-state index is 6.08. The van der Waals surface area contributed by atoms with E-state index in [1.54, 1.807) is 0 Å². The Morgan fingerprint density at radius 2 is 2.00 bits per heavy atom. The van der Waals surface area contributed by atoms with E-state index < -0.39 is 0 Å². The fourth-order valence-electron chi connectivity index (χ4n) is 1.26. The number of hydrogen-bond donors (Lipinski definition) is 1. The molecule has 0 heterocycles. The predicted molar refractivity (Wildman–Crippen MR) is 60.7 cm³/mol. The normalized spacial score (nSPS) is 15.8. The average Bonchev–Trinajstić information content (AvgIpc) is 2.03. The van der Waals surface area contributed by atoms with Gasteiger partial charge in [0.05, 0.1) is 0 Å². The van der Waals surface area contributed by atoms with Crippen LogP contribution in [0, 0.1) is 5.92 Å². The lowest BCUT2D eigenvalue weighted by molar-refractivity contribution is 0.485. The van der Waals surface area contributed by atoms with Crippen molar-refractivity contribution in [1.29, 1.82) is 0 Å². The molecule has 1 unspecified atom stereocenters. The molecule has 0 saturated heterocycles. The quantitative estimate of drug-likeness (QED) is 0.627. The molecule has 0 saturated carbocycles. The van der Waals surface area contributed by atoms with Crippen LogP contribution in [0.25, 0.3) is 0 Å². The lowest BCUT2D eigenvalue weighted by Gasteiger charge is -2.25. The van der Waals surface area contributed by atoms with Gasteiger partial charge in [0.1, 0.15) is 0 Å². The second-order valence-corrected chi connectivity index (χ2v) is 4.66. The second kappa shape index (κ2) is 5.43. The van der Waals surface area contributed by atoms with Crippen molar-refractivity contribution in [2.75, 3.05) is 0 Å².